The Labute approximate surface area is 178 Å². The zero-order chi connectivity index (χ0) is 21.3. The van der Waals surface area contributed by atoms with Crippen LogP contribution >= 0.6 is 12.2 Å². The predicted octanol–water partition coefficient (Wildman–Crippen LogP) is 4.22. The molecule has 2 aromatic carbocycles. The molecule has 1 aromatic heterocycles. The molecule has 1 unspecified atom stereocenters. The Balaban J connectivity index is 1.55. The summed E-state index contributed by atoms with van der Waals surface area (Å²) in [6, 6.07) is 11.3. The summed E-state index contributed by atoms with van der Waals surface area (Å²) >= 11 is 5.54. The van der Waals surface area contributed by atoms with Crippen molar-refractivity contribution in [2.24, 2.45) is 7.05 Å². The molecule has 3 aromatic rings. The summed E-state index contributed by atoms with van der Waals surface area (Å²) in [5.41, 5.74) is 0.0302. The van der Waals surface area contributed by atoms with Crippen LogP contribution in [0.4, 0.5) is 8.78 Å². The van der Waals surface area contributed by atoms with Crippen molar-refractivity contribution in [1.82, 2.24) is 19.2 Å². The number of benzene rings is 2. The van der Waals surface area contributed by atoms with E-state index in [1.807, 2.05) is 43.1 Å². The van der Waals surface area contributed by atoms with Gasteiger partial charge in [0, 0.05) is 19.2 Å². The van der Waals surface area contributed by atoms with Crippen LogP contribution in [-0.2, 0) is 20.3 Å². The van der Waals surface area contributed by atoms with Gasteiger partial charge in [-0.2, -0.15) is 5.10 Å². The number of rotatable bonds is 6. The number of hydrogen-bond acceptors (Lipinski definition) is 5. The van der Waals surface area contributed by atoms with Crippen LogP contribution in [0.25, 0.3) is 0 Å². The van der Waals surface area contributed by atoms with Gasteiger partial charge in [0.25, 0.3) is 0 Å². The third-order valence-electron chi connectivity index (χ3n) is 5.10. The summed E-state index contributed by atoms with van der Waals surface area (Å²) < 4.78 is 43.8. The molecule has 2 heterocycles. The second-order valence-electron chi connectivity index (χ2n) is 7.05. The van der Waals surface area contributed by atoms with Crippen LogP contribution in [0.5, 0.6) is 11.5 Å². The van der Waals surface area contributed by atoms with Crippen LogP contribution < -0.4 is 9.47 Å². The Morgan fingerprint density at radius 3 is 2.53 bits per heavy atom. The molecule has 0 fully saturated rings. The third-order valence-corrected chi connectivity index (χ3v) is 5.58. The minimum absolute atomic E-state index is 0.0302. The maximum absolute atomic E-state index is 14.1. The molecule has 0 saturated carbocycles. The molecule has 0 radical (unpaired) electrons. The number of hydrogen-bond donors (Lipinski definition) is 0. The van der Waals surface area contributed by atoms with E-state index in [2.05, 4.69) is 5.10 Å². The largest absolute Gasteiger partial charge is 0.485 e. The highest BCUT2D eigenvalue weighted by Crippen LogP contribution is 2.35. The molecule has 0 saturated heterocycles. The number of fused-ring (bicyclic) bond motifs is 1. The summed E-state index contributed by atoms with van der Waals surface area (Å²) in [6.07, 6.45) is -0.410. The molecule has 1 aliphatic heterocycles. The van der Waals surface area contributed by atoms with Crippen LogP contribution in [0.15, 0.2) is 42.5 Å². The van der Waals surface area contributed by atoms with E-state index in [1.54, 1.807) is 9.25 Å². The van der Waals surface area contributed by atoms with Crippen LogP contribution in [0.2, 0.25) is 0 Å². The van der Waals surface area contributed by atoms with Gasteiger partial charge in [-0.3, -0.25) is 4.90 Å². The standard InChI is InChI=1S/C21H22F2N4O2S/c1-3-26(11-14-15(22)7-6-8-16(14)23)13-27-21(30)25(2)20(24-27)19-12-28-17-9-4-5-10-18(17)29-19/h4-10,19H,3,11-13H2,1-2H3. The van der Waals surface area contributed by atoms with Gasteiger partial charge in [-0.15, -0.1) is 0 Å². The van der Waals surface area contributed by atoms with Gasteiger partial charge in [0.2, 0.25) is 0 Å². The highest BCUT2D eigenvalue weighted by molar-refractivity contribution is 7.71. The zero-order valence-electron chi connectivity index (χ0n) is 16.7. The fourth-order valence-corrected chi connectivity index (χ4v) is 3.57. The Hall–Kier alpha value is -2.78. The van der Waals surface area contributed by atoms with Crippen molar-refractivity contribution in [3.05, 3.63) is 70.3 Å². The summed E-state index contributed by atoms with van der Waals surface area (Å²) in [6.45, 7) is 3.20. The monoisotopic (exact) mass is 432 g/mol. The van der Waals surface area contributed by atoms with Gasteiger partial charge in [0.15, 0.2) is 28.2 Å². The summed E-state index contributed by atoms with van der Waals surface area (Å²) in [4.78, 5) is 1.86. The van der Waals surface area contributed by atoms with Crippen LogP contribution in [0.1, 0.15) is 24.4 Å². The molecule has 4 rings (SSSR count). The molecule has 9 heteroatoms. The number of ether oxygens (including phenoxy) is 2. The summed E-state index contributed by atoms with van der Waals surface area (Å²) in [7, 11) is 1.82. The van der Waals surface area contributed by atoms with Gasteiger partial charge in [-0.05, 0) is 43.0 Å². The molecule has 0 bridgehead atoms. The van der Waals surface area contributed by atoms with Gasteiger partial charge in [-0.25, -0.2) is 13.5 Å². The lowest BCUT2D eigenvalue weighted by Gasteiger charge is -2.25. The van der Waals surface area contributed by atoms with Crippen molar-refractivity contribution in [3.63, 3.8) is 0 Å². The van der Waals surface area contributed by atoms with E-state index in [0.29, 0.717) is 41.9 Å². The molecular formula is C21H22F2N4O2S. The molecule has 0 amide bonds. The Bertz CT molecular complexity index is 1090. The first-order valence-corrected chi connectivity index (χ1v) is 10.1. The molecule has 30 heavy (non-hydrogen) atoms. The van der Waals surface area contributed by atoms with Crippen LogP contribution in [0, 0.1) is 16.4 Å². The second kappa shape index (κ2) is 8.53. The lowest BCUT2D eigenvalue weighted by atomic mass is 10.2. The first-order chi connectivity index (χ1) is 14.5. The average molecular weight is 432 g/mol. The average Bonchev–Trinajstić information content (AvgIpc) is 3.03. The van der Waals surface area contributed by atoms with E-state index in [1.165, 1.54) is 18.2 Å². The molecule has 0 spiro atoms. The molecule has 6 nitrogen and oxygen atoms in total. The molecule has 0 N–H and O–H groups in total. The quantitative estimate of drug-likeness (QED) is 0.546. The minimum Gasteiger partial charge on any atom is -0.485 e. The van der Waals surface area contributed by atoms with Crippen molar-refractivity contribution in [1.29, 1.82) is 0 Å². The number of aromatic nitrogens is 3. The second-order valence-corrected chi connectivity index (χ2v) is 7.42. The zero-order valence-corrected chi connectivity index (χ0v) is 17.5. The summed E-state index contributed by atoms with van der Waals surface area (Å²) in [5.74, 6) is 0.843. The van der Waals surface area contributed by atoms with Gasteiger partial charge >= 0.3 is 0 Å². The lowest BCUT2D eigenvalue weighted by Crippen LogP contribution is -2.28. The number of halogens is 2. The molecule has 1 aliphatic rings. The van der Waals surface area contributed by atoms with E-state index < -0.39 is 17.7 Å². The van der Waals surface area contributed by atoms with E-state index in [-0.39, 0.29) is 12.1 Å². The van der Waals surface area contributed by atoms with Crippen molar-refractivity contribution in [3.8, 4) is 11.5 Å². The maximum atomic E-state index is 14.1. The highest BCUT2D eigenvalue weighted by atomic mass is 32.1. The van der Waals surface area contributed by atoms with E-state index in [9.17, 15) is 8.78 Å². The molecular weight excluding hydrogens is 410 g/mol. The van der Waals surface area contributed by atoms with Gasteiger partial charge in [0.1, 0.15) is 18.2 Å². The van der Waals surface area contributed by atoms with Gasteiger partial charge in [-0.1, -0.05) is 25.1 Å². The topological polar surface area (TPSA) is 44.5 Å². The van der Waals surface area contributed by atoms with Gasteiger partial charge in [0.05, 0.1) is 6.67 Å². The third kappa shape index (κ3) is 3.95. The molecule has 158 valence electrons. The van der Waals surface area contributed by atoms with E-state index in [4.69, 9.17) is 21.7 Å². The van der Waals surface area contributed by atoms with Crippen LogP contribution in [-0.4, -0.2) is 32.4 Å². The van der Waals surface area contributed by atoms with Crippen LogP contribution in [0.3, 0.4) is 0 Å². The SMILES string of the molecule is CCN(Cc1c(F)cccc1F)Cn1nc(C2COc3ccccc3O2)n(C)c1=S. The first kappa shape index (κ1) is 20.5. The smallest absolute Gasteiger partial charge is 0.198 e. The van der Waals surface area contributed by atoms with Crippen molar-refractivity contribution in [2.45, 2.75) is 26.2 Å². The Morgan fingerprint density at radius 2 is 1.83 bits per heavy atom. The minimum atomic E-state index is -0.565. The molecule has 1 atom stereocenters. The lowest BCUT2D eigenvalue weighted by molar-refractivity contribution is 0.0820. The Morgan fingerprint density at radius 1 is 1.13 bits per heavy atom. The van der Waals surface area contributed by atoms with E-state index in [0.717, 1.165) is 0 Å². The van der Waals surface area contributed by atoms with Gasteiger partial charge < -0.3 is 14.0 Å². The number of nitrogens with zero attached hydrogens (tertiary/aromatic N) is 4. The Kier molecular flexibility index (Phi) is 5.83. The fourth-order valence-electron chi connectivity index (χ4n) is 3.38. The normalized spacial score (nSPS) is 15.6. The summed E-state index contributed by atoms with van der Waals surface area (Å²) in [5, 5.41) is 4.62. The van der Waals surface area contributed by atoms with E-state index >= 15 is 0 Å². The van der Waals surface area contributed by atoms with Crippen molar-refractivity contribution >= 4 is 12.2 Å². The van der Waals surface area contributed by atoms with Crippen molar-refractivity contribution in [2.75, 3.05) is 13.2 Å². The predicted molar refractivity (Wildman–Crippen MR) is 110 cm³/mol. The highest BCUT2D eigenvalue weighted by Gasteiger charge is 2.27. The molecule has 0 aliphatic carbocycles. The maximum Gasteiger partial charge on any atom is 0.198 e. The van der Waals surface area contributed by atoms with Crippen molar-refractivity contribution < 1.29 is 18.3 Å². The fraction of sp³-hybridized carbons (Fsp3) is 0.333. The number of para-hydroxylation sites is 2. The first-order valence-electron chi connectivity index (χ1n) is 9.65.